The molecule has 0 aliphatic heterocycles. The molecule has 0 fully saturated rings. The maximum Gasteiger partial charge on any atom is 0.306 e. The number of hydrogen-bond acceptors (Lipinski definition) is 2. The molecule has 0 aromatic rings. The third-order valence-electron chi connectivity index (χ3n) is 4.79. The van der Waals surface area contributed by atoms with Crippen LogP contribution < -0.4 is 0 Å². The molecule has 0 aromatic heterocycles. The van der Waals surface area contributed by atoms with E-state index in [9.17, 15) is 4.79 Å². The van der Waals surface area contributed by atoms with Crippen LogP contribution in [-0.4, -0.2) is 12.6 Å². The molecule has 25 heavy (non-hydrogen) atoms. The minimum absolute atomic E-state index is 0.0519. The van der Waals surface area contributed by atoms with Crippen LogP contribution >= 0.6 is 0 Å². The summed E-state index contributed by atoms with van der Waals surface area (Å²) in [4.78, 5) is 11.8. The number of carbonyl (C=O) groups excluding carboxylic acids is 1. The Balaban J connectivity index is 3.63. The highest BCUT2D eigenvalue weighted by molar-refractivity contribution is 5.69. The van der Waals surface area contributed by atoms with Crippen LogP contribution in [0.25, 0.3) is 0 Å². The molecule has 0 bridgehead atoms. The fraction of sp³-hybridized carbons (Fsp3) is 0.783. The van der Waals surface area contributed by atoms with Gasteiger partial charge in [0.15, 0.2) is 0 Å². The number of unbranched alkanes of at least 4 members (excludes halogenated alkanes) is 8. The Labute approximate surface area is 157 Å². The van der Waals surface area contributed by atoms with Gasteiger partial charge in [-0.2, -0.15) is 0 Å². The third-order valence-corrected chi connectivity index (χ3v) is 4.79. The van der Waals surface area contributed by atoms with Crippen molar-refractivity contribution in [2.45, 2.75) is 105 Å². The van der Waals surface area contributed by atoms with Gasteiger partial charge in [-0.25, -0.2) is 0 Å². The van der Waals surface area contributed by atoms with Crippen molar-refractivity contribution in [3.63, 3.8) is 0 Å². The van der Waals surface area contributed by atoms with Gasteiger partial charge in [-0.05, 0) is 45.6 Å². The summed E-state index contributed by atoms with van der Waals surface area (Å²) in [5.74, 6) is 0.454. The van der Waals surface area contributed by atoms with Gasteiger partial charge in [0.2, 0.25) is 0 Å². The zero-order valence-corrected chi connectivity index (χ0v) is 17.5. The largest absolute Gasteiger partial charge is 0.461 e. The normalized spacial score (nSPS) is 12.8. The number of allylic oxidation sites excluding steroid dienone is 3. The number of rotatable bonds is 15. The van der Waals surface area contributed by atoms with Gasteiger partial charge >= 0.3 is 5.97 Å². The molecule has 0 aliphatic rings. The zero-order chi connectivity index (χ0) is 18.9. The summed E-state index contributed by atoms with van der Waals surface area (Å²) >= 11 is 0. The van der Waals surface area contributed by atoms with Crippen LogP contribution in [0.1, 0.15) is 105 Å². The first-order valence-corrected chi connectivity index (χ1v) is 10.4. The van der Waals surface area contributed by atoms with Gasteiger partial charge in [0, 0.05) is 6.42 Å². The fourth-order valence-corrected chi connectivity index (χ4v) is 2.72. The summed E-state index contributed by atoms with van der Waals surface area (Å²) < 4.78 is 5.33. The van der Waals surface area contributed by atoms with Gasteiger partial charge in [-0.3, -0.25) is 4.79 Å². The molecule has 0 aliphatic carbocycles. The van der Waals surface area contributed by atoms with Crippen molar-refractivity contribution < 1.29 is 9.53 Å². The molecule has 0 rings (SSSR count). The molecular formula is C23H42O2. The van der Waals surface area contributed by atoms with Crippen molar-refractivity contribution in [3.05, 3.63) is 23.3 Å². The Kier molecular flexibility index (Phi) is 15.7. The molecule has 0 radical (unpaired) electrons. The summed E-state index contributed by atoms with van der Waals surface area (Å²) in [6, 6.07) is 0. The summed E-state index contributed by atoms with van der Waals surface area (Å²) in [5.41, 5.74) is 2.65. The Morgan fingerprint density at radius 3 is 2.00 bits per heavy atom. The van der Waals surface area contributed by atoms with Gasteiger partial charge in [0.1, 0.15) is 6.61 Å². The van der Waals surface area contributed by atoms with Crippen molar-refractivity contribution in [3.8, 4) is 0 Å². The van der Waals surface area contributed by atoms with Crippen LogP contribution in [0.15, 0.2) is 23.3 Å². The van der Waals surface area contributed by atoms with E-state index in [0.717, 1.165) is 19.3 Å². The van der Waals surface area contributed by atoms with Crippen molar-refractivity contribution >= 4 is 5.97 Å². The van der Waals surface area contributed by atoms with Crippen molar-refractivity contribution in [2.24, 2.45) is 5.92 Å². The van der Waals surface area contributed by atoms with E-state index < -0.39 is 0 Å². The zero-order valence-electron chi connectivity index (χ0n) is 17.5. The standard InChI is InChI=1S/C23H42O2/c1-6-7-8-9-10-11-12-13-14-15-23(24)25-19-18-22(5)21(4)17-16-20(2)3/h16,18,21H,6-15,17,19H2,1-5H3/b22-18+. The topological polar surface area (TPSA) is 26.3 Å². The minimum atomic E-state index is -0.0519. The first-order chi connectivity index (χ1) is 12.0. The molecule has 1 atom stereocenters. The van der Waals surface area contributed by atoms with E-state index in [0.29, 0.717) is 18.9 Å². The Morgan fingerprint density at radius 1 is 0.880 bits per heavy atom. The maximum atomic E-state index is 11.8. The van der Waals surface area contributed by atoms with Crippen LogP contribution in [0, 0.1) is 5.92 Å². The lowest BCUT2D eigenvalue weighted by molar-refractivity contribution is -0.142. The van der Waals surface area contributed by atoms with Crippen LogP contribution in [0.5, 0.6) is 0 Å². The summed E-state index contributed by atoms with van der Waals surface area (Å²) in [6.45, 7) is 11.3. The number of hydrogen-bond donors (Lipinski definition) is 0. The lowest BCUT2D eigenvalue weighted by Gasteiger charge is -2.10. The van der Waals surface area contributed by atoms with E-state index >= 15 is 0 Å². The molecule has 0 saturated heterocycles. The van der Waals surface area contributed by atoms with E-state index in [2.05, 4.69) is 46.8 Å². The Bertz CT molecular complexity index is 389. The average Bonchev–Trinajstić information content (AvgIpc) is 2.58. The smallest absolute Gasteiger partial charge is 0.306 e. The van der Waals surface area contributed by atoms with Gasteiger partial charge in [0.25, 0.3) is 0 Å². The number of ether oxygens (including phenoxy) is 1. The molecular weight excluding hydrogens is 308 g/mol. The molecule has 2 nitrogen and oxygen atoms in total. The van der Waals surface area contributed by atoms with Gasteiger partial charge < -0.3 is 4.74 Å². The van der Waals surface area contributed by atoms with E-state index in [-0.39, 0.29) is 5.97 Å². The average molecular weight is 351 g/mol. The first kappa shape index (κ1) is 23.9. The van der Waals surface area contributed by atoms with Crippen LogP contribution in [0.2, 0.25) is 0 Å². The summed E-state index contributed by atoms with van der Waals surface area (Å²) in [5, 5.41) is 0. The molecule has 0 amide bonds. The third kappa shape index (κ3) is 16.2. The van der Waals surface area contributed by atoms with Gasteiger partial charge in [0.05, 0.1) is 0 Å². The quantitative estimate of drug-likeness (QED) is 0.175. The second-order valence-corrected chi connectivity index (χ2v) is 7.63. The SMILES string of the molecule is CCCCCCCCCCCC(=O)OC/C=C(\C)C(C)CC=C(C)C. The molecule has 0 N–H and O–H groups in total. The molecule has 2 heteroatoms. The van der Waals surface area contributed by atoms with E-state index in [1.807, 2.05) is 0 Å². The van der Waals surface area contributed by atoms with Crippen LogP contribution in [-0.2, 0) is 9.53 Å². The van der Waals surface area contributed by atoms with Gasteiger partial charge in [-0.1, -0.05) is 82.4 Å². The number of esters is 1. The van der Waals surface area contributed by atoms with E-state index in [4.69, 9.17) is 4.74 Å². The highest BCUT2D eigenvalue weighted by atomic mass is 16.5. The molecule has 0 heterocycles. The Morgan fingerprint density at radius 2 is 1.44 bits per heavy atom. The molecule has 0 saturated carbocycles. The molecule has 0 spiro atoms. The summed E-state index contributed by atoms with van der Waals surface area (Å²) in [7, 11) is 0. The molecule has 0 aromatic carbocycles. The first-order valence-electron chi connectivity index (χ1n) is 10.4. The lowest BCUT2D eigenvalue weighted by atomic mass is 9.98. The van der Waals surface area contributed by atoms with Crippen molar-refractivity contribution in [1.82, 2.24) is 0 Å². The van der Waals surface area contributed by atoms with E-state index in [1.165, 1.54) is 56.1 Å². The highest BCUT2D eigenvalue weighted by Crippen LogP contribution is 2.15. The fourth-order valence-electron chi connectivity index (χ4n) is 2.72. The van der Waals surface area contributed by atoms with Crippen molar-refractivity contribution in [2.75, 3.05) is 6.61 Å². The lowest BCUT2D eigenvalue weighted by Crippen LogP contribution is -2.05. The second-order valence-electron chi connectivity index (χ2n) is 7.63. The predicted octanol–water partition coefficient (Wildman–Crippen LogP) is 7.39. The minimum Gasteiger partial charge on any atom is -0.461 e. The Hall–Kier alpha value is -1.05. The second kappa shape index (κ2) is 16.4. The van der Waals surface area contributed by atoms with E-state index in [1.54, 1.807) is 0 Å². The predicted molar refractivity (Wildman–Crippen MR) is 110 cm³/mol. The summed E-state index contributed by atoms with van der Waals surface area (Å²) in [6.07, 6.45) is 17.4. The van der Waals surface area contributed by atoms with Gasteiger partial charge in [-0.15, -0.1) is 0 Å². The molecule has 1 unspecified atom stereocenters. The maximum absolute atomic E-state index is 11.8. The highest BCUT2D eigenvalue weighted by Gasteiger charge is 2.04. The monoisotopic (exact) mass is 350 g/mol. The van der Waals surface area contributed by atoms with Crippen molar-refractivity contribution in [1.29, 1.82) is 0 Å². The number of carbonyl (C=O) groups is 1. The van der Waals surface area contributed by atoms with Crippen LogP contribution in [0.4, 0.5) is 0 Å². The molecule has 146 valence electrons. The van der Waals surface area contributed by atoms with Crippen LogP contribution in [0.3, 0.4) is 0 Å².